The lowest BCUT2D eigenvalue weighted by Gasteiger charge is -2.00. The van der Waals surface area contributed by atoms with Gasteiger partial charge in [-0.1, -0.05) is 42.5 Å². The molecule has 0 N–H and O–H groups in total. The molecular weight excluding hydrogens is 296 g/mol. The third kappa shape index (κ3) is 3.17. The van der Waals surface area contributed by atoms with Gasteiger partial charge in [-0.25, -0.2) is 9.97 Å². The molecule has 0 fully saturated rings. The van der Waals surface area contributed by atoms with Crippen LogP contribution in [0, 0.1) is 13.8 Å². The zero-order valence-electron chi connectivity index (χ0n) is 12.0. The maximum Gasteiger partial charge on any atom is 0.128 e. The van der Waals surface area contributed by atoms with Crippen LogP contribution in [0.2, 0.25) is 0 Å². The molecule has 2 aromatic heterocycles. The molecule has 0 saturated carbocycles. The molecule has 106 valence electrons. The van der Waals surface area contributed by atoms with Crippen LogP contribution in [0.1, 0.15) is 16.0 Å². The highest BCUT2D eigenvalue weighted by Gasteiger charge is 2.11. The predicted octanol–water partition coefficient (Wildman–Crippen LogP) is 5.11. The molecule has 0 spiro atoms. The highest BCUT2D eigenvalue weighted by atomic mass is 32.2. The van der Waals surface area contributed by atoms with Gasteiger partial charge in [0, 0.05) is 16.0 Å². The van der Waals surface area contributed by atoms with Gasteiger partial charge >= 0.3 is 0 Å². The summed E-state index contributed by atoms with van der Waals surface area (Å²) in [5.41, 5.74) is 2.54. The minimum atomic E-state index is 0.912. The summed E-state index contributed by atoms with van der Waals surface area (Å²) in [4.78, 5) is 11.2. The van der Waals surface area contributed by atoms with E-state index >= 15 is 0 Å². The smallest absolute Gasteiger partial charge is 0.128 e. The molecule has 0 bridgehead atoms. The maximum absolute atomic E-state index is 4.45. The average Bonchev–Trinajstić information content (AvgIpc) is 2.80. The van der Waals surface area contributed by atoms with Crippen molar-refractivity contribution < 1.29 is 0 Å². The molecule has 2 nitrogen and oxygen atoms in total. The van der Waals surface area contributed by atoms with Gasteiger partial charge in [-0.15, -0.1) is 23.1 Å². The Labute approximate surface area is 133 Å². The van der Waals surface area contributed by atoms with Crippen LogP contribution in [-0.4, -0.2) is 15.7 Å². The minimum Gasteiger partial charge on any atom is -0.229 e. The summed E-state index contributed by atoms with van der Waals surface area (Å²) in [6.45, 7) is 4.30. The molecule has 3 aromatic rings. The minimum absolute atomic E-state index is 0.912. The van der Waals surface area contributed by atoms with Crippen molar-refractivity contribution in [2.45, 2.75) is 18.9 Å². The molecule has 0 aliphatic heterocycles. The summed E-state index contributed by atoms with van der Waals surface area (Å²) in [6, 6.07) is 10.4. The van der Waals surface area contributed by atoms with Crippen molar-refractivity contribution >= 4 is 39.4 Å². The number of hydrogen-bond donors (Lipinski definition) is 0. The van der Waals surface area contributed by atoms with Crippen molar-refractivity contribution in [3.8, 4) is 0 Å². The van der Waals surface area contributed by atoms with Gasteiger partial charge in [0.2, 0.25) is 0 Å². The van der Waals surface area contributed by atoms with Crippen LogP contribution in [0.3, 0.4) is 0 Å². The molecule has 0 radical (unpaired) electrons. The normalized spacial score (nSPS) is 11.5. The Bertz CT molecular complexity index is 776. The molecular formula is C17H16N2S2. The molecule has 0 atom stereocenters. The zero-order chi connectivity index (χ0) is 14.7. The van der Waals surface area contributed by atoms with Gasteiger partial charge in [-0.05, 0) is 25.0 Å². The second-order valence-electron chi connectivity index (χ2n) is 4.77. The maximum atomic E-state index is 4.45. The SMILES string of the molecule is Cc1sc2ncnc(SCC=Cc3ccccc3)c2c1C. The van der Waals surface area contributed by atoms with Crippen molar-refractivity contribution in [1.29, 1.82) is 0 Å². The third-order valence-electron chi connectivity index (χ3n) is 3.36. The van der Waals surface area contributed by atoms with E-state index in [4.69, 9.17) is 0 Å². The fraction of sp³-hybridized carbons (Fsp3) is 0.176. The van der Waals surface area contributed by atoms with Crippen LogP contribution < -0.4 is 0 Å². The van der Waals surface area contributed by atoms with Gasteiger partial charge in [-0.2, -0.15) is 0 Å². The van der Waals surface area contributed by atoms with Gasteiger partial charge in [0.15, 0.2) is 0 Å². The summed E-state index contributed by atoms with van der Waals surface area (Å²) < 4.78 is 0. The molecule has 3 rings (SSSR count). The van der Waals surface area contributed by atoms with Crippen LogP contribution in [0.4, 0.5) is 0 Å². The van der Waals surface area contributed by atoms with E-state index in [1.807, 2.05) is 6.07 Å². The molecule has 21 heavy (non-hydrogen) atoms. The van der Waals surface area contributed by atoms with Crippen LogP contribution in [0.15, 0.2) is 47.8 Å². The quantitative estimate of drug-likeness (QED) is 0.494. The lowest BCUT2D eigenvalue weighted by Crippen LogP contribution is -1.86. The number of benzene rings is 1. The molecule has 0 saturated heterocycles. The van der Waals surface area contributed by atoms with E-state index in [9.17, 15) is 0 Å². The van der Waals surface area contributed by atoms with Gasteiger partial charge in [0.1, 0.15) is 16.2 Å². The Hall–Kier alpha value is -1.65. The molecule has 4 heteroatoms. The van der Waals surface area contributed by atoms with Crippen molar-refractivity contribution in [2.75, 3.05) is 5.75 Å². The second kappa shape index (κ2) is 6.41. The lowest BCUT2D eigenvalue weighted by molar-refractivity contribution is 1.10. The van der Waals surface area contributed by atoms with Crippen molar-refractivity contribution in [2.24, 2.45) is 0 Å². The summed E-state index contributed by atoms with van der Waals surface area (Å²) in [7, 11) is 0. The van der Waals surface area contributed by atoms with Gasteiger partial charge in [0.25, 0.3) is 0 Å². The first-order valence-corrected chi connectivity index (χ1v) is 8.61. The summed E-state index contributed by atoms with van der Waals surface area (Å²) in [5.74, 6) is 0.912. The number of aromatic nitrogens is 2. The third-order valence-corrected chi connectivity index (χ3v) is 5.41. The van der Waals surface area contributed by atoms with E-state index in [1.54, 1.807) is 29.4 Å². The first-order chi connectivity index (χ1) is 10.3. The van der Waals surface area contributed by atoms with Crippen molar-refractivity contribution in [3.63, 3.8) is 0 Å². The fourth-order valence-corrected chi connectivity index (χ4v) is 4.06. The number of rotatable bonds is 4. The van der Waals surface area contributed by atoms with Crippen molar-refractivity contribution in [3.05, 3.63) is 58.7 Å². The molecule has 1 aromatic carbocycles. The molecule has 2 heterocycles. The Morgan fingerprint density at radius 3 is 2.76 bits per heavy atom. The van der Waals surface area contributed by atoms with E-state index in [-0.39, 0.29) is 0 Å². The predicted molar refractivity (Wildman–Crippen MR) is 93.1 cm³/mol. The standard InChI is InChI=1S/C17H16N2S2/c1-12-13(2)21-17-15(12)16(18-11-19-17)20-10-6-9-14-7-4-3-5-8-14/h3-9,11H,10H2,1-2H3. The van der Waals surface area contributed by atoms with Gasteiger partial charge < -0.3 is 0 Å². The Balaban J connectivity index is 1.75. The molecule has 0 aliphatic rings. The highest BCUT2D eigenvalue weighted by molar-refractivity contribution is 7.99. The summed E-state index contributed by atoms with van der Waals surface area (Å²) in [6.07, 6.45) is 6.00. The van der Waals surface area contributed by atoms with Crippen LogP contribution in [0.5, 0.6) is 0 Å². The number of aryl methyl sites for hydroxylation is 2. The largest absolute Gasteiger partial charge is 0.229 e. The lowest BCUT2D eigenvalue weighted by atomic mass is 10.2. The van der Waals surface area contributed by atoms with E-state index in [0.717, 1.165) is 15.6 Å². The topological polar surface area (TPSA) is 25.8 Å². The number of hydrogen-bond acceptors (Lipinski definition) is 4. The first kappa shape index (κ1) is 14.3. The Morgan fingerprint density at radius 1 is 1.14 bits per heavy atom. The van der Waals surface area contributed by atoms with Crippen LogP contribution in [-0.2, 0) is 0 Å². The number of thiophene rings is 1. The first-order valence-electron chi connectivity index (χ1n) is 6.81. The number of thioether (sulfide) groups is 1. The van der Waals surface area contributed by atoms with Crippen LogP contribution >= 0.6 is 23.1 Å². The monoisotopic (exact) mass is 312 g/mol. The Morgan fingerprint density at radius 2 is 1.95 bits per heavy atom. The molecule has 0 amide bonds. The van der Waals surface area contributed by atoms with E-state index in [2.05, 4.69) is 60.2 Å². The number of nitrogens with zero attached hydrogens (tertiary/aromatic N) is 2. The van der Waals surface area contributed by atoms with Crippen LogP contribution in [0.25, 0.3) is 16.3 Å². The average molecular weight is 312 g/mol. The van der Waals surface area contributed by atoms with E-state index in [1.165, 1.54) is 21.4 Å². The van der Waals surface area contributed by atoms with Gasteiger partial charge in [-0.3, -0.25) is 0 Å². The highest BCUT2D eigenvalue weighted by Crippen LogP contribution is 2.34. The molecule has 0 aliphatic carbocycles. The number of fused-ring (bicyclic) bond motifs is 1. The van der Waals surface area contributed by atoms with Crippen molar-refractivity contribution in [1.82, 2.24) is 9.97 Å². The van der Waals surface area contributed by atoms with E-state index in [0.29, 0.717) is 0 Å². The Kier molecular flexibility index (Phi) is 4.36. The zero-order valence-corrected chi connectivity index (χ0v) is 13.7. The van der Waals surface area contributed by atoms with E-state index < -0.39 is 0 Å². The molecule has 0 unspecified atom stereocenters. The summed E-state index contributed by atoms with van der Waals surface area (Å²) in [5, 5.41) is 2.30. The second-order valence-corrected chi connectivity index (χ2v) is 6.98. The van der Waals surface area contributed by atoms with Gasteiger partial charge in [0.05, 0.1) is 0 Å². The summed E-state index contributed by atoms with van der Waals surface area (Å²) >= 11 is 3.51. The fourth-order valence-electron chi connectivity index (χ4n) is 2.13.